The second kappa shape index (κ2) is 10.4. The Labute approximate surface area is 210 Å². The average molecular weight is 490 g/mol. The van der Waals surface area contributed by atoms with Gasteiger partial charge in [0, 0.05) is 43.1 Å². The monoisotopic (exact) mass is 489 g/mol. The molecule has 180 valence electrons. The summed E-state index contributed by atoms with van der Waals surface area (Å²) in [5.74, 6) is 1.61. The Kier molecular flexibility index (Phi) is 6.92. The fourth-order valence-electron chi connectivity index (χ4n) is 4.59. The van der Waals surface area contributed by atoms with Crippen LogP contribution in [0.1, 0.15) is 28.7 Å². The lowest BCUT2D eigenvalue weighted by Crippen LogP contribution is -2.48. The highest BCUT2D eigenvalue weighted by Gasteiger charge is 2.32. The number of rotatable bonds is 7. The summed E-state index contributed by atoms with van der Waals surface area (Å²) in [6.45, 7) is 6.15. The molecule has 35 heavy (non-hydrogen) atoms. The second-order valence-electron chi connectivity index (χ2n) is 8.65. The van der Waals surface area contributed by atoms with Crippen LogP contribution < -0.4 is 9.64 Å². The lowest BCUT2D eigenvalue weighted by Gasteiger charge is -2.40. The number of nitrogens with zero attached hydrogens (tertiary/aromatic N) is 7. The fourth-order valence-corrected chi connectivity index (χ4v) is 4.75. The van der Waals surface area contributed by atoms with E-state index in [4.69, 9.17) is 16.3 Å². The normalized spacial score (nSPS) is 15.2. The molecule has 4 aromatic rings. The summed E-state index contributed by atoms with van der Waals surface area (Å²) in [5, 5.41) is 13.6. The molecule has 0 N–H and O–H groups in total. The molecule has 1 fully saturated rings. The first-order valence-corrected chi connectivity index (χ1v) is 12.1. The van der Waals surface area contributed by atoms with Gasteiger partial charge in [-0.3, -0.25) is 9.88 Å². The molecule has 0 spiro atoms. The topological polar surface area (TPSA) is 72.2 Å². The Morgan fingerprint density at radius 3 is 2.51 bits per heavy atom. The molecule has 2 aromatic carbocycles. The van der Waals surface area contributed by atoms with Crippen LogP contribution in [0, 0.1) is 6.92 Å². The summed E-state index contributed by atoms with van der Waals surface area (Å²) < 4.78 is 7.15. The van der Waals surface area contributed by atoms with Crippen LogP contribution in [0.5, 0.6) is 5.75 Å². The maximum Gasteiger partial charge on any atom is 0.174 e. The van der Waals surface area contributed by atoms with E-state index in [-0.39, 0.29) is 6.04 Å². The summed E-state index contributed by atoms with van der Waals surface area (Å²) in [4.78, 5) is 9.49. The lowest BCUT2D eigenvalue weighted by atomic mass is 10.1. The smallest absolute Gasteiger partial charge is 0.174 e. The molecule has 0 unspecified atom stereocenters. The molecule has 1 aliphatic rings. The molecule has 0 aliphatic carbocycles. The molecule has 1 atom stereocenters. The van der Waals surface area contributed by atoms with Crippen LogP contribution in [0.25, 0.3) is 0 Å². The number of methoxy groups -OCH3 is 1. The first-order valence-electron chi connectivity index (χ1n) is 11.7. The van der Waals surface area contributed by atoms with Crippen molar-refractivity contribution in [1.29, 1.82) is 0 Å². The van der Waals surface area contributed by atoms with Gasteiger partial charge in [-0.15, -0.1) is 5.10 Å². The Morgan fingerprint density at radius 2 is 1.80 bits per heavy atom. The van der Waals surface area contributed by atoms with Crippen molar-refractivity contribution in [3.05, 3.63) is 94.5 Å². The highest BCUT2D eigenvalue weighted by molar-refractivity contribution is 6.30. The molecule has 0 radical (unpaired) electrons. The SMILES string of the molecule is COc1ccc(Cn2nnnc2[C@H](c2ccccn2)N2CCN(c3cc(Cl)ccc3C)CC2)cc1. The number of tetrazole rings is 1. The minimum Gasteiger partial charge on any atom is -0.497 e. The predicted octanol–water partition coefficient (Wildman–Crippen LogP) is 4.00. The Bertz CT molecular complexity index is 1250. The third kappa shape index (κ3) is 5.13. The number of pyridine rings is 1. The molecule has 0 saturated carbocycles. The van der Waals surface area contributed by atoms with Crippen LogP contribution in [-0.4, -0.2) is 63.4 Å². The number of anilines is 1. The van der Waals surface area contributed by atoms with Crippen LogP contribution in [-0.2, 0) is 6.54 Å². The zero-order valence-electron chi connectivity index (χ0n) is 19.9. The first kappa shape index (κ1) is 23.3. The highest BCUT2D eigenvalue weighted by Crippen LogP contribution is 2.30. The van der Waals surface area contributed by atoms with Crippen LogP contribution >= 0.6 is 11.6 Å². The van der Waals surface area contributed by atoms with Gasteiger partial charge in [-0.05, 0) is 64.9 Å². The van der Waals surface area contributed by atoms with Gasteiger partial charge in [0.2, 0.25) is 0 Å². The first-order chi connectivity index (χ1) is 17.1. The number of benzene rings is 2. The molecule has 2 aromatic heterocycles. The van der Waals surface area contributed by atoms with Crippen LogP contribution in [0.3, 0.4) is 0 Å². The molecule has 1 saturated heterocycles. The summed E-state index contributed by atoms with van der Waals surface area (Å²) >= 11 is 6.29. The van der Waals surface area contributed by atoms with Gasteiger partial charge in [0.1, 0.15) is 11.8 Å². The summed E-state index contributed by atoms with van der Waals surface area (Å²) in [7, 11) is 1.67. The number of ether oxygens (including phenoxy) is 1. The van der Waals surface area contributed by atoms with E-state index in [0.717, 1.165) is 54.0 Å². The van der Waals surface area contributed by atoms with Gasteiger partial charge < -0.3 is 9.64 Å². The van der Waals surface area contributed by atoms with Gasteiger partial charge >= 0.3 is 0 Å². The standard InChI is InChI=1S/C26H28ClN7O/c1-19-6-9-21(27)17-24(19)32-13-15-33(16-14-32)25(23-5-3-4-12-28-23)26-29-30-31-34(26)18-20-7-10-22(35-2)11-8-20/h3-12,17,25H,13-16,18H2,1-2H3/t25-/m0/s1. The van der Waals surface area contributed by atoms with Gasteiger partial charge in [-0.25, -0.2) is 4.68 Å². The van der Waals surface area contributed by atoms with Crippen LogP contribution in [0.2, 0.25) is 5.02 Å². The van der Waals surface area contributed by atoms with Gasteiger partial charge in [-0.2, -0.15) is 0 Å². The zero-order valence-corrected chi connectivity index (χ0v) is 20.6. The molecule has 5 rings (SSSR count). The Morgan fingerprint density at radius 1 is 1.00 bits per heavy atom. The minimum atomic E-state index is -0.146. The average Bonchev–Trinajstić information content (AvgIpc) is 3.35. The molecule has 3 heterocycles. The van der Waals surface area contributed by atoms with Crippen molar-refractivity contribution in [3.63, 3.8) is 0 Å². The predicted molar refractivity (Wildman–Crippen MR) is 136 cm³/mol. The van der Waals surface area contributed by atoms with Crippen LogP contribution in [0.15, 0.2) is 66.9 Å². The fraction of sp³-hybridized carbons (Fsp3) is 0.308. The minimum absolute atomic E-state index is 0.146. The van der Waals surface area contributed by atoms with Gasteiger partial charge in [0.15, 0.2) is 5.82 Å². The summed E-state index contributed by atoms with van der Waals surface area (Å²) in [6, 6.07) is 19.9. The largest absolute Gasteiger partial charge is 0.497 e. The second-order valence-corrected chi connectivity index (χ2v) is 9.09. The van der Waals surface area contributed by atoms with E-state index in [1.165, 1.54) is 11.3 Å². The maximum atomic E-state index is 6.29. The van der Waals surface area contributed by atoms with E-state index in [2.05, 4.69) is 49.4 Å². The van der Waals surface area contributed by atoms with Crippen molar-refractivity contribution in [3.8, 4) is 5.75 Å². The van der Waals surface area contributed by atoms with E-state index in [0.29, 0.717) is 6.54 Å². The quantitative estimate of drug-likeness (QED) is 0.388. The summed E-state index contributed by atoms with van der Waals surface area (Å²) in [6.07, 6.45) is 1.82. The van der Waals surface area contributed by atoms with Gasteiger partial charge in [0.05, 0.1) is 19.3 Å². The molecule has 9 heteroatoms. The van der Waals surface area contributed by atoms with Crippen molar-refractivity contribution < 1.29 is 4.74 Å². The molecule has 0 bridgehead atoms. The van der Waals surface area contributed by atoms with Crippen molar-refractivity contribution in [2.45, 2.75) is 19.5 Å². The van der Waals surface area contributed by atoms with Gasteiger partial charge in [0.25, 0.3) is 0 Å². The number of hydrogen-bond donors (Lipinski definition) is 0. The van der Waals surface area contributed by atoms with E-state index in [1.807, 2.05) is 59.4 Å². The van der Waals surface area contributed by atoms with E-state index < -0.39 is 0 Å². The van der Waals surface area contributed by atoms with E-state index >= 15 is 0 Å². The molecular weight excluding hydrogens is 462 g/mol. The number of aromatic nitrogens is 5. The maximum absolute atomic E-state index is 6.29. The third-order valence-corrected chi connectivity index (χ3v) is 6.69. The van der Waals surface area contributed by atoms with Crippen molar-refractivity contribution >= 4 is 17.3 Å². The van der Waals surface area contributed by atoms with Gasteiger partial charge in [-0.1, -0.05) is 35.9 Å². The van der Waals surface area contributed by atoms with E-state index in [1.54, 1.807) is 7.11 Å². The van der Waals surface area contributed by atoms with E-state index in [9.17, 15) is 0 Å². The molecule has 0 amide bonds. The van der Waals surface area contributed by atoms with Crippen molar-refractivity contribution in [2.24, 2.45) is 0 Å². The molecule has 1 aliphatic heterocycles. The summed E-state index contributed by atoms with van der Waals surface area (Å²) in [5.41, 5.74) is 4.45. The van der Waals surface area contributed by atoms with Crippen LogP contribution in [0.4, 0.5) is 5.69 Å². The number of halogens is 1. The van der Waals surface area contributed by atoms with Crippen molar-refractivity contribution in [2.75, 3.05) is 38.2 Å². The highest BCUT2D eigenvalue weighted by atomic mass is 35.5. The van der Waals surface area contributed by atoms with Crippen molar-refractivity contribution in [1.82, 2.24) is 30.1 Å². The third-order valence-electron chi connectivity index (χ3n) is 6.45. The number of aryl methyl sites for hydroxylation is 1. The lowest BCUT2D eigenvalue weighted by molar-refractivity contribution is 0.198. The number of piperazine rings is 1. The molecule has 8 nitrogen and oxygen atoms in total. The Hall–Kier alpha value is -3.49. The Balaban J connectivity index is 1.40. The number of hydrogen-bond acceptors (Lipinski definition) is 7. The molecular formula is C26H28ClN7O. The zero-order chi connectivity index (χ0) is 24.2.